The van der Waals surface area contributed by atoms with E-state index in [-0.39, 0.29) is 23.9 Å². The van der Waals surface area contributed by atoms with Gasteiger partial charge >= 0.3 is 6.09 Å². The third kappa shape index (κ3) is 5.54. The number of benzene rings is 1. The lowest BCUT2D eigenvalue weighted by molar-refractivity contribution is -0.144. The van der Waals surface area contributed by atoms with Crippen molar-refractivity contribution in [1.29, 1.82) is 0 Å². The SMILES string of the molecule is CC(C)(C)OC(=O)N[C@H]1CC[C@@H](O)C[C@H]2CC[C@@H](C(=O)N[C@@H]3CCCc4ccccc43)N2C1=O. The van der Waals surface area contributed by atoms with Crippen LogP contribution in [0.5, 0.6) is 0 Å². The van der Waals surface area contributed by atoms with Crippen LogP contribution < -0.4 is 10.6 Å². The summed E-state index contributed by atoms with van der Waals surface area (Å²) in [4.78, 5) is 41.0. The molecule has 8 heteroatoms. The van der Waals surface area contributed by atoms with Crippen molar-refractivity contribution in [3.63, 3.8) is 0 Å². The van der Waals surface area contributed by atoms with E-state index in [0.29, 0.717) is 32.1 Å². The van der Waals surface area contributed by atoms with Gasteiger partial charge in [0.05, 0.1) is 12.1 Å². The van der Waals surface area contributed by atoms with Gasteiger partial charge in [0.1, 0.15) is 17.7 Å². The van der Waals surface area contributed by atoms with Gasteiger partial charge in [-0.1, -0.05) is 24.3 Å². The molecule has 4 rings (SSSR count). The van der Waals surface area contributed by atoms with Crippen LogP contribution in [0.3, 0.4) is 0 Å². The predicted octanol–water partition coefficient (Wildman–Crippen LogP) is 2.98. The van der Waals surface area contributed by atoms with E-state index in [0.717, 1.165) is 24.8 Å². The number of fused-ring (bicyclic) bond motifs is 2. The fourth-order valence-corrected chi connectivity index (χ4v) is 5.56. The van der Waals surface area contributed by atoms with E-state index in [9.17, 15) is 19.5 Å². The van der Waals surface area contributed by atoms with Gasteiger partial charge in [-0.05, 0) is 83.3 Å². The van der Waals surface area contributed by atoms with Crippen LogP contribution in [0, 0.1) is 0 Å². The Morgan fingerprint density at radius 3 is 2.56 bits per heavy atom. The second kappa shape index (κ2) is 9.94. The molecule has 0 spiro atoms. The molecule has 0 bridgehead atoms. The third-order valence-corrected chi connectivity index (χ3v) is 7.07. The van der Waals surface area contributed by atoms with E-state index in [1.54, 1.807) is 25.7 Å². The molecule has 34 heavy (non-hydrogen) atoms. The lowest BCUT2D eigenvalue weighted by atomic mass is 9.87. The number of aliphatic hydroxyl groups is 1. The van der Waals surface area contributed by atoms with Gasteiger partial charge < -0.3 is 25.4 Å². The topological polar surface area (TPSA) is 108 Å². The fraction of sp³-hybridized carbons (Fsp3) is 0.654. The minimum absolute atomic E-state index is 0.0670. The molecule has 3 N–H and O–H groups in total. The van der Waals surface area contributed by atoms with Crippen molar-refractivity contribution in [3.8, 4) is 0 Å². The standard InChI is InChI=1S/C26H37N3O5/c1-26(2,3)34-25(33)28-21-13-12-18(30)15-17-11-14-22(29(17)24(21)32)23(31)27-20-10-6-8-16-7-4-5-9-19(16)20/h4-5,7,9,17-18,20-22,30H,6,8,10-15H2,1-3H3,(H,27,31)(H,28,33)/t17-,18-,20-,21+,22+/m1/s1. The number of hydrogen-bond donors (Lipinski definition) is 3. The average Bonchev–Trinajstić information content (AvgIpc) is 3.17. The summed E-state index contributed by atoms with van der Waals surface area (Å²) in [6, 6.07) is 6.45. The number of nitrogens with one attached hydrogen (secondary N) is 2. The van der Waals surface area contributed by atoms with Gasteiger partial charge in [-0.25, -0.2) is 4.79 Å². The molecule has 1 aromatic rings. The van der Waals surface area contributed by atoms with Crippen molar-refractivity contribution in [2.45, 2.75) is 108 Å². The largest absolute Gasteiger partial charge is 0.444 e. The van der Waals surface area contributed by atoms with Crippen LogP contribution in [0.15, 0.2) is 24.3 Å². The quantitative estimate of drug-likeness (QED) is 0.628. The number of hydrogen-bond acceptors (Lipinski definition) is 5. The zero-order valence-electron chi connectivity index (χ0n) is 20.4. The second-order valence-electron chi connectivity index (χ2n) is 10.8. The van der Waals surface area contributed by atoms with Gasteiger partial charge in [-0.2, -0.15) is 0 Å². The Balaban J connectivity index is 1.50. The van der Waals surface area contributed by atoms with Crippen molar-refractivity contribution >= 4 is 17.9 Å². The maximum absolute atomic E-state index is 13.6. The summed E-state index contributed by atoms with van der Waals surface area (Å²) in [5.74, 6) is -0.437. The highest BCUT2D eigenvalue weighted by molar-refractivity contribution is 5.92. The second-order valence-corrected chi connectivity index (χ2v) is 10.8. The van der Waals surface area contributed by atoms with Gasteiger partial charge in [0.15, 0.2) is 0 Å². The van der Waals surface area contributed by atoms with E-state index >= 15 is 0 Å². The number of alkyl carbamates (subject to hydrolysis) is 1. The van der Waals surface area contributed by atoms with Crippen LogP contribution >= 0.6 is 0 Å². The summed E-state index contributed by atoms with van der Waals surface area (Å²) < 4.78 is 5.34. The van der Waals surface area contributed by atoms with Gasteiger partial charge in [0.2, 0.25) is 11.8 Å². The smallest absolute Gasteiger partial charge is 0.408 e. The molecule has 0 aromatic heterocycles. The van der Waals surface area contributed by atoms with Crippen LogP contribution in [0.4, 0.5) is 4.79 Å². The monoisotopic (exact) mass is 471 g/mol. The Morgan fingerprint density at radius 2 is 1.79 bits per heavy atom. The number of ether oxygens (including phenoxy) is 1. The summed E-state index contributed by atoms with van der Waals surface area (Å²) in [5.41, 5.74) is 1.72. The summed E-state index contributed by atoms with van der Waals surface area (Å²) in [5, 5.41) is 16.4. The third-order valence-electron chi connectivity index (χ3n) is 7.07. The highest BCUT2D eigenvalue weighted by atomic mass is 16.6. The summed E-state index contributed by atoms with van der Waals surface area (Å²) >= 11 is 0. The van der Waals surface area contributed by atoms with Crippen molar-refractivity contribution in [2.24, 2.45) is 0 Å². The zero-order chi connectivity index (χ0) is 24.5. The molecule has 2 saturated heterocycles. The first-order chi connectivity index (χ1) is 16.1. The van der Waals surface area contributed by atoms with Crippen LogP contribution in [-0.4, -0.2) is 57.7 Å². The first-order valence-corrected chi connectivity index (χ1v) is 12.5. The van der Waals surface area contributed by atoms with Crippen LogP contribution in [0.1, 0.15) is 82.9 Å². The van der Waals surface area contributed by atoms with Crippen LogP contribution in [0.2, 0.25) is 0 Å². The summed E-state index contributed by atoms with van der Waals surface area (Å²) in [7, 11) is 0. The molecule has 1 aromatic carbocycles. The average molecular weight is 472 g/mol. The van der Waals surface area contributed by atoms with E-state index < -0.39 is 29.9 Å². The Bertz CT molecular complexity index is 927. The lowest BCUT2D eigenvalue weighted by Gasteiger charge is -2.37. The maximum atomic E-state index is 13.6. The molecule has 3 amide bonds. The summed E-state index contributed by atoms with van der Waals surface area (Å²) in [6.45, 7) is 5.28. The normalized spacial score (nSPS) is 29.4. The van der Waals surface area contributed by atoms with Crippen molar-refractivity contribution in [3.05, 3.63) is 35.4 Å². The molecule has 2 aliphatic heterocycles. The highest BCUT2D eigenvalue weighted by Crippen LogP contribution is 2.34. The minimum Gasteiger partial charge on any atom is -0.444 e. The number of carbonyl (C=O) groups is 3. The molecule has 0 saturated carbocycles. The highest BCUT2D eigenvalue weighted by Gasteiger charge is 2.45. The van der Waals surface area contributed by atoms with Crippen LogP contribution in [-0.2, 0) is 20.7 Å². The van der Waals surface area contributed by atoms with E-state index in [2.05, 4.69) is 22.8 Å². The predicted molar refractivity (Wildman–Crippen MR) is 127 cm³/mol. The zero-order valence-corrected chi connectivity index (χ0v) is 20.4. The minimum atomic E-state index is -0.837. The molecule has 0 radical (unpaired) electrons. The number of aryl methyl sites for hydroxylation is 1. The summed E-state index contributed by atoms with van der Waals surface area (Å²) in [6.07, 6.45) is 3.98. The molecule has 8 nitrogen and oxygen atoms in total. The van der Waals surface area contributed by atoms with E-state index in [1.165, 1.54) is 5.56 Å². The Labute approximate surface area is 201 Å². The van der Waals surface area contributed by atoms with Gasteiger partial charge in [0, 0.05) is 6.04 Å². The van der Waals surface area contributed by atoms with Gasteiger partial charge in [0.25, 0.3) is 0 Å². The molecule has 186 valence electrons. The van der Waals surface area contributed by atoms with E-state index in [1.807, 2.05) is 12.1 Å². The molecule has 3 aliphatic rings. The van der Waals surface area contributed by atoms with Crippen molar-refractivity contribution < 1.29 is 24.2 Å². The van der Waals surface area contributed by atoms with Gasteiger partial charge in [-0.3, -0.25) is 9.59 Å². The number of nitrogens with zero attached hydrogens (tertiary/aromatic N) is 1. The number of carbonyl (C=O) groups excluding carboxylic acids is 3. The Kier molecular flexibility index (Phi) is 7.17. The molecular formula is C26H37N3O5. The Morgan fingerprint density at radius 1 is 1.03 bits per heavy atom. The first-order valence-electron chi connectivity index (χ1n) is 12.5. The molecule has 1 aliphatic carbocycles. The maximum Gasteiger partial charge on any atom is 0.408 e. The molecule has 2 heterocycles. The van der Waals surface area contributed by atoms with Gasteiger partial charge in [-0.15, -0.1) is 0 Å². The number of amides is 3. The molecular weight excluding hydrogens is 434 g/mol. The molecule has 2 fully saturated rings. The molecule has 0 unspecified atom stereocenters. The molecule has 5 atom stereocenters. The lowest BCUT2D eigenvalue weighted by Crippen LogP contribution is -2.57. The van der Waals surface area contributed by atoms with Crippen molar-refractivity contribution in [1.82, 2.24) is 15.5 Å². The number of aliphatic hydroxyl groups excluding tert-OH is 1. The fourth-order valence-electron chi connectivity index (χ4n) is 5.56. The first kappa shape index (κ1) is 24.5. The Hall–Kier alpha value is -2.61. The number of rotatable bonds is 3. The van der Waals surface area contributed by atoms with E-state index in [4.69, 9.17) is 4.74 Å². The van der Waals surface area contributed by atoms with Crippen molar-refractivity contribution in [2.75, 3.05) is 0 Å². The van der Waals surface area contributed by atoms with Crippen LogP contribution in [0.25, 0.3) is 0 Å².